The summed E-state index contributed by atoms with van der Waals surface area (Å²) in [6.07, 6.45) is 0. The summed E-state index contributed by atoms with van der Waals surface area (Å²) in [6, 6.07) is 0. The van der Waals surface area contributed by atoms with E-state index in [1.807, 2.05) is 0 Å². The molecule has 0 aromatic carbocycles. The molecule has 8 heteroatoms. The van der Waals surface area contributed by atoms with Crippen LogP contribution in [-0.2, 0) is 17.7 Å². The van der Waals surface area contributed by atoms with E-state index in [1.165, 1.54) is 0 Å². The van der Waals surface area contributed by atoms with Crippen molar-refractivity contribution in [2.75, 3.05) is 6.54 Å². The van der Waals surface area contributed by atoms with Gasteiger partial charge in [-0.1, -0.05) is 32.5 Å². The topological polar surface area (TPSA) is 82.5 Å². The van der Waals surface area contributed by atoms with Crippen LogP contribution in [0.25, 0.3) is 0 Å². The van der Waals surface area contributed by atoms with Crippen molar-refractivity contribution in [3.63, 3.8) is 0 Å². The van der Waals surface area contributed by atoms with Gasteiger partial charge in [0.1, 0.15) is 0 Å². The fourth-order valence-electron chi connectivity index (χ4n) is 1.42. The van der Waals surface area contributed by atoms with Crippen LogP contribution in [0.3, 0.4) is 0 Å². The predicted molar refractivity (Wildman–Crippen MR) is 77.2 cm³/mol. The van der Waals surface area contributed by atoms with Crippen molar-refractivity contribution in [3.05, 3.63) is 16.1 Å². The Kier molecular flexibility index (Phi) is 4.54. The minimum absolute atomic E-state index is 0.106. The Morgan fingerprint density at radius 1 is 1.42 bits per heavy atom. The van der Waals surface area contributed by atoms with Crippen LogP contribution in [0.2, 0.25) is 0 Å². The normalized spacial score (nSPS) is 12.0. The van der Waals surface area contributed by atoms with Gasteiger partial charge in [0.25, 0.3) is 0 Å². The highest BCUT2D eigenvalue weighted by atomic mass is 32.2. The molecule has 2 N–H and O–H groups in total. The van der Waals surface area contributed by atoms with E-state index in [1.54, 1.807) is 27.8 Å². The zero-order chi connectivity index (χ0) is 13.9. The summed E-state index contributed by atoms with van der Waals surface area (Å²) in [5.41, 5.74) is 6.69. The Hall–Kier alpha value is -0.990. The minimum Gasteiger partial charge on any atom is -0.329 e. The van der Waals surface area contributed by atoms with Gasteiger partial charge in [-0.15, -0.1) is 16.4 Å². The molecule has 19 heavy (non-hydrogen) atoms. The van der Waals surface area contributed by atoms with Crippen molar-refractivity contribution in [2.24, 2.45) is 5.73 Å². The van der Waals surface area contributed by atoms with Gasteiger partial charge in [0.2, 0.25) is 5.16 Å². The fourth-order valence-corrected chi connectivity index (χ4v) is 3.23. The first kappa shape index (κ1) is 14.4. The first-order chi connectivity index (χ1) is 9.00. The van der Waals surface area contributed by atoms with Crippen LogP contribution in [0.4, 0.5) is 0 Å². The highest BCUT2D eigenvalue weighted by Gasteiger charge is 2.18. The summed E-state index contributed by atoms with van der Waals surface area (Å²) in [5, 5.41) is 15.6. The van der Waals surface area contributed by atoms with E-state index >= 15 is 0 Å². The second kappa shape index (κ2) is 5.98. The zero-order valence-electron chi connectivity index (χ0n) is 11.3. The molecule has 2 rings (SSSR count). The average molecular weight is 298 g/mol. The zero-order valence-corrected chi connectivity index (χ0v) is 13.0. The van der Waals surface area contributed by atoms with Gasteiger partial charge in [0.05, 0.1) is 17.2 Å². The van der Waals surface area contributed by atoms with E-state index in [2.05, 4.69) is 46.7 Å². The summed E-state index contributed by atoms with van der Waals surface area (Å²) < 4.78 is 1.72. The second-order valence-electron chi connectivity index (χ2n) is 5.16. The quantitative estimate of drug-likeness (QED) is 0.846. The molecule has 2 heterocycles. The number of nitrogens with zero attached hydrogens (tertiary/aromatic N) is 5. The van der Waals surface area contributed by atoms with E-state index in [0.717, 1.165) is 21.6 Å². The number of thiazole rings is 1. The molecule has 0 atom stereocenters. The molecule has 104 valence electrons. The summed E-state index contributed by atoms with van der Waals surface area (Å²) in [7, 11) is 0. The van der Waals surface area contributed by atoms with Crippen molar-refractivity contribution >= 4 is 23.1 Å². The molecule has 0 spiro atoms. The van der Waals surface area contributed by atoms with Gasteiger partial charge in [-0.05, 0) is 10.4 Å². The lowest BCUT2D eigenvalue weighted by Crippen LogP contribution is -2.12. The number of thioether (sulfide) groups is 1. The smallest absolute Gasteiger partial charge is 0.209 e. The number of hydrogen-bond donors (Lipinski definition) is 1. The molecule has 0 aliphatic heterocycles. The lowest BCUT2D eigenvalue weighted by molar-refractivity contribution is 0.557. The van der Waals surface area contributed by atoms with Gasteiger partial charge in [0.15, 0.2) is 0 Å². The van der Waals surface area contributed by atoms with E-state index in [-0.39, 0.29) is 5.41 Å². The van der Waals surface area contributed by atoms with E-state index in [0.29, 0.717) is 13.1 Å². The summed E-state index contributed by atoms with van der Waals surface area (Å²) in [6.45, 7) is 7.68. The molecule has 0 fully saturated rings. The van der Waals surface area contributed by atoms with Crippen LogP contribution in [0.5, 0.6) is 0 Å². The standard InChI is InChI=1S/C11H18N6S2/c1-11(2,3)9-13-8(6-18-9)7-19-10-14-15-16-17(10)5-4-12/h6H,4-5,7,12H2,1-3H3. The van der Waals surface area contributed by atoms with Gasteiger partial charge in [-0.3, -0.25) is 0 Å². The van der Waals surface area contributed by atoms with Crippen LogP contribution in [0.15, 0.2) is 10.5 Å². The number of nitrogens with two attached hydrogens (primary N) is 1. The first-order valence-electron chi connectivity index (χ1n) is 6.04. The molecule has 0 bridgehead atoms. The number of rotatable bonds is 5. The summed E-state index contributed by atoms with van der Waals surface area (Å²) in [4.78, 5) is 4.65. The van der Waals surface area contributed by atoms with Crippen LogP contribution >= 0.6 is 23.1 Å². The predicted octanol–water partition coefficient (Wildman–Crippen LogP) is 1.68. The van der Waals surface area contributed by atoms with Crippen LogP contribution in [-0.4, -0.2) is 31.7 Å². The van der Waals surface area contributed by atoms with E-state index < -0.39 is 0 Å². The van der Waals surface area contributed by atoms with Gasteiger partial charge in [0, 0.05) is 23.1 Å². The molecular formula is C11H18N6S2. The Morgan fingerprint density at radius 3 is 2.84 bits per heavy atom. The number of aromatic nitrogens is 5. The van der Waals surface area contributed by atoms with Crippen molar-refractivity contribution in [3.8, 4) is 0 Å². The van der Waals surface area contributed by atoms with Crippen molar-refractivity contribution in [1.29, 1.82) is 0 Å². The number of tetrazole rings is 1. The molecule has 0 aliphatic rings. The van der Waals surface area contributed by atoms with Crippen LogP contribution < -0.4 is 5.73 Å². The molecule has 0 saturated heterocycles. The second-order valence-corrected chi connectivity index (χ2v) is 6.96. The maximum atomic E-state index is 5.51. The monoisotopic (exact) mass is 298 g/mol. The van der Waals surface area contributed by atoms with Crippen LogP contribution in [0, 0.1) is 0 Å². The Labute approximate surface area is 120 Å². The number of hydrogen-bond acceptors (Lipinski definition) is 7. The minimum atomic E-state index is 0.106. The molecule has 0 radical (unpaired) electrons. The average Bonchev–Trinajstić information content (AvgIpc) is 2.94. The SMILES string of the molecule is CC(C)(C)c1nc(CSc2nnnn2CCN)cs1. The highest BCUT2D eigenvalue weighted by Crippen LogP contribution is 2.28. The van der Waals surface area contributed by atoms with Crippen molar-refractivity contribution in [2.45, 2.75) is 43.6 Å². The van der Waals surface area contributed by atoms with Gasteiger partial charge in [-0.25, -0.2) is 9.67 Å². The molecule has 2 aromatic rings. The van der Waals surface area contributed by atoms with Gasteiger partial charge < -0.3 is 5.73 Å². The lowest BCUT2D eigenvalue weighted by atomic mass is 9.98. The molecule has 0 saturated carbocycles. The molecule has 0 amide bonds. The summed E-state index contributed by atoms with van der Waals surface area (Å²) in [5.74, 6) is 0.775. The highest BCUT2D eigenvalue weighted by molar-refractivity contribution is 7.98. The Morgan fingerprint density at radius 2 is 2.21 bits per heavy atom. The van der Waals surface area contributed by atoms with Crippen LogP contribution in [0.1, 0.15) is 31.5 Å². The van der Waals surface area contributed by atoms with Gasteiger partial charge in [-0.2, -0.15) is 0 Å². The largest absolute Gasteiger partial charge is 0.329 e. The molecule has 6 nitrogen and oxygen atoms in total. The van der Waals surface area contributed by atoms with E-state index in [9.17, 15) is 0 Å². The lowest BCUT2D eigenvalue weighted by Gasteiger charge is -2.13. The Balaban J connectivity index is 1.99. The van der Waals surface area contributed by atoms with Crippen molar-refractivity contribution < 1.29 is 0 Å². The maximum absolute atomic E-state index is 5.51. The molecular weight excluding hydrogens is 280 g/mol. The third-order valence-corrected chi connectivity index (χ3v) is 4.69. The first-order valence-corrected chi connectivity index (χ1v) is 7.91. The molecule has 0 aliphatic carbocycles. The Bertz CT molecular complexity index is 527. The third-order valence-electron chi connectivity index (χ3n) is 2.38. The molecule has 0 unspecified atom stereocenters. The third kappa shape index (κ3) is 3.74. The van der Waals surface area contributed by atoms with E-state index in [4.69, 9.17) is 5.73 Å². The van der Waals surface area contributed by atoms with Gasteiger partial charge >= 0.3 is 0 Å². The fraction of sp³-hybridized carbons (Fsp3) is 0.636. The maximum Gasteiger partial charge on any atom is 0.209 e. The molecule has 2 aromatic heterocycles. The van der Waals surface area contributed by atoms with Crippen molar-refractivity contribution in [1.82, 2.24) is 25.2 Å². The summed E-state index contributed by atoms with van der Waals surface area (Å²) >= 11 is 3.29.